The summed E-state index contributed by atoms with van der Waals surface area (Å²) >= 11 is 0. The topological polar surface area (TPSA) is 69.6 Å². The number of aryl methyl sites for hydroxylation is 1. The second-order valence-electron chi connectivity index (χ2n) is 12.9. The van der Waals surface area contributed by atoms with Gasteiger partial charge in [-0.3, -0.25) is 9.59 Å². The van der Waals surface area contributed by atoms with Gasteiger partial charge in [-0.2, -0.15) is 0 Å². The fourth-order valence-electron chi connectivity index (χ4n) is 5.60. The zero-order valence-corrected chi connectivity index (χ0v) is 30.1. The van der Waals surface area contributed by atoms with Crippen LogP contribution < -0.4 is 20.3 Å². The minimum absolute atomic E-state index is 0.184. The molecule has 260 valence electrons. The van der Waals surface area contributed by atoms with E-state index in [1.54, 1.807) is 6.08 Å². The number of allylic oxidation sites excluding steroid dienone is 3. The van der Waals surface area contributed by atoms with E-state index in [1.165, 1.54) is 42.9 Å². The van der Waals surface area contributed by atoms with Crippen LogP contribution in [-0.4, -0.2) is 23.7 Å². The molecule has 0 unspecified atom stereocenters. The Labute approximate surface area is 288 Å². The number of ether oxygens (including phenoxy) is 2. The number of nitrogens with one attached hydrogen (secondary N) is 1. The molecule has 0 radical (unpaired) electrons. The van der Waals surface area contributed by atoms with Crippen molar-refractivity contribution in [3.63, 3.8) is 0 Å². The average Bonchev–Trinajstić information content (AvgIpc) is 3.07. The standard InChI is InChI=1S/C42H58N2O4/c1-6-8-10-12-13-18-30-47-41-40(48-31-28-34(5)21-19-20-33(3)4)37-26-25-36(43-39(45)27-24-35-22-15-14-16-23-35)32-38(37)44(42(41)46)29-17-11-9-7-2/h14-16,20,22-28,32H,6-13,17-19,21,29-31H2,1-5H3,(H,43,45)/b27-24+,34-28+. The Hall–Kier alpha value is -4.06. The molecule has 6 nitrogen and oxygen atoms in total. The Morgan fingerprint density at radius 3 is 2.25 bits per heavy atom. The average molecular weight is 655 g/mol. The predicted octanol–water partition coefficient (Wildman–Crippen LogP) is 11.0. The number of amides is 1. The highest BCUT2D eigenvalue weighted by molar-refractivity contribution is 6.03. The number of rotatable bonds is 22. The number of benzene rings is 2. The molecule has 0 fully saturated rings. The maximum atomic E-state index is 14.2. The summed E-state index contributed by atoms with van der Waals surface area (Å²) in [7, 11) is 0. The van der Waals surface area contributed by atoms with Crippen molar-refractivity contribution in [2.24, 2.45) is 0 Å². The summed E-state index contributed by atoms with van der Waals surface area (Å²) in [5.41, 5.74) is 4.67. The number of hydrogen-bond acceptors (Lipinski definition) is 4. The number of anilines is 1. The first kappa shape index (κ1) is 38.4. The minimum Gasteiger partial charge on any atom is -0.485 e. The maximum Gasteiger partial charge on any atom is 0.297 e. The molecule has 1 N–H and O–H groups in total. The molecule has 0 saturated heterocycles. The van der Waals surface area contributed by atoms with Crippen molar-refractivity contribution in [1.29, 1.82) is 0 Å². The lowest BCUT2D eigenvalue weighted by atomic mass is 10.1. The van der Waals surface area contributed by atoms with E-state index in [-0.39, 0.29) is 17.2 Å². The first-order chi connectivity index (χ1) is 23.3. The Kier molecular flexibility index (Phi) is 17.4. The second kappa shape index (κ2) is 21.7. The van der Waals surface area contributed by atoms with Crippen LogP contribution in [0, 0.1) is 0 Å². The van der Waals surface area contributed by atoms with Crippen LogP contribution in [0.1, 0.15) is 117 Å². The smallest absolute Gasteiger partial charge is 0.297 e. The molecule has 1 amide bonds. The van der Waals surface area contributed by atoms with E-state index < -0.39 is 0 Å². The summed E-state index contributed by atoms with van der Waals surface area (Å²) in [6, 6.07) is 15.4. The number of unbranched alkanes of at least 4 members (excludes halogenated alkanes) is 8. The van der Waals surface area contributed by atoms with E-state index in [4.69, 9.17) is 9.47 Å². The summed E-state index contributed by atoms with van der Waals surface area (Å²) in [4.78, 5) is 27.1. The SMILES string of the molecule is CCCCCCCCOc1c(OC/C=C(\C)CCC=C(C)C)c2ccc(NC(=O)/C=C/c3ccccc3)cc2n(CCCCCC)c1=O. The third kappa shape index (κ3) is 13.2. The number of pyridine rings is 1. The minimum atomic E-state index is -0.237. The molecule has 6 heteroatoms. The molecule has 0 atom stereocenters. The van der Waals surface area contributed by atoms with Gasteiger partial charge in [-0.1, -0.05) is 113 Å². The number of hydrogen-bond donors (Lipinski definition) is 1. The van der Waals surface area contributed by atoms with Gasteiger partial charge >= 0.3 is 0 Å². The number of carbonyl (C=O) groups is 1. The fourth-order valence-corrected chi connectivity index (χ4v) is 5.60. The van der Waals surface area contributed by atoms with Gasteiger partial charge in [-0.05, 0) is 82.4 Å². The first-order valence-electron chi connectivity index (χ1n) is 18.1. The summed E-state index contributed by atoms with van der Waals surface area (Å²) in [5, 5.41) is 3.78. The van der Waals surface area contributed by atoms with Crippen LogP contribution in [0.4, 0.5) is 5.69 Å². The Bertz CT molecular complexity index is 1560. The van der Waals surface area contributed by atoms with Crippen molar-refractivity contribution in [3.8, 4) is 11.5 Å². The summed E-state index contributed by atoms with van der Waals surface area (Å²) in [6.45, 7) is 12.1. The number of aromatic nitrogens is 1. The molecule has 3 rings (SSSR count). The van der Waals surface area contributed by atoms with Crippen LogP contribution >= 0.6 is 0 Å². The monoisotopic (exact) mass is 654 g/mol. The third-order valence-electron chi connectivity index (χ3n) is 8.40. The van der Waals surface area contributed by atoms with Crippen molar-refractivity contribution in [3.05, 3.63) is 93.8 Å². The molecule has 48 heavy (non-hydrogen) atoms. The highest BCUT2D eigenvalue weighted by atomic mass is 16.5. The van der Waals surface area contributed by atoms with Crippen LogP contribution in [0.15, 0.2) is 82.7 Å². The largest absolute Gasteiger partial charge is 0.485 e. The van der Waals surface area contributed by atoms with Crippen molar-refractivity contribution in [2.45, 2.75) is 118 Å². The van der Waals surface area contributed by atoms with Crippen LogP contribution in [-0.2, 0) is 11.3 Å². The Morgan fingerprint density at radius 2 is 1.52 bits per heavy atom. The van der Waals surface area contributed by atoms with Gasteiger partial charge in [-0.15, -0.1) is 0 Å². The van der Waals surface area contributed by atoms with Crippen LogP contribution in [0.5, 0.6) is 11.5 Å². The predicted molar refractivity (Wildman–Crippen MR) is 203 cm³/mol. The van der Waals surface area contributed by atoms with Gasteiger partial charge in [-0.25, -0.2) is 0 Å². The maximum absolute atomic E-state index is 14.2. The van der Waals surface area contributed by atoms with Gasteiger partial charge in [0, 0.05) is 23.7 Å². The molecule has 0 spiro atoms. The molecule has 0 aliphatic carbocycles. The zero-order valence-electron chi connectivity index (χ0n) is 30.1. The third-order valence-corrected chi connectivity index (χ3v) is 8.40. The highest BCUT2D eigenvalue weighted by Crippen LogP contribution is 2.35. The Morgan fingerprint density at radius 1 is 0.812 bits per heavy atom. The molecule has 0 aliphatic heterocycles. The highest BCUT2D eigenvalue weighted by Gasteiger charge is 2.20. The Balaban J connectivity index is 1.96. The molecule has 0 aliphatic rings. The number of carbonyl (C=O) groups excluding carboxylic acids is 1. The lowest BCUT2D eigenvalue weighted by molar-refractivity contribution is -0.111. The quantitative estimate of drug-likeness (QED) is 0.0665. The molecule has 2 aromatic carbocycles. The summed E-state index contributed by atoms with van der Waals surface area (Å²) < 4.78 is 14.5. The molecule has 1 aromatic heterocycles. The summed E-state index contributed by atoms with van der Waals surface area (Å²) in [5.74, 6) is 0.518. The lowest BCUT2D eigenvalue weighted by Gasteiger charge is -2.19. The van der Waals surface area contributed by atoms with Gasteiger partial charge in [0.05, 0.1) is 12.1 Å². The van der Waals surface area contributed by atoms with Gasteiger partial charge < -0.3 is 19.4 Å². The molecule has 0 saturated carbocycles. The van der Waals surface area contributed by atoms with E-state index in [2.05, 4.69) is 52.1 Å². The van der Waals surface area contributed by atoms with Gasteiger partial charge in [0.15, 0.2) is 5.75 Å². The van der Waals surface area contributed by atoms with Gasteiger partial charge in [0.1, 0.15) is 6.61 Å². The van der Waals surface area contributed by atoms with E-state index in [1.807, 2.05) is 53.1 Å². The van der Waals surface area contributed by atoms with E-state index in [0.29, 0.717) is 31.2 Å². The number of nitrogens with zero attached hydrogens (tertiary/aromatic N) is 1. The van der Waals surface area contributed by atoms with Crippen LogP contribution in [0.3, 0.4) is 0 Å². The van der Waals surface area contributed by atoms with E-state index in [0.717, 1.165) is 67.8 Å². The van der Waals surface area contributed by atoms with Crippen molar-refractivity contribution in [1.82, 2.24) is 4.57 Å². The van der Waals surface area contributed by atoms with Crippen LogP contribution in [0.2, 0.25) is 0 Å². The second-order valence-corrected chi connectivity index (χ2v) is 12.9. The first-order valence-corrected chi connectivity index (χ1v) is 18.1. The summed E-state index contributed by atoms with van der Waals surface area (Å²) in [6.07, 6.45) is 20.6. The molecule has 0 bridgehead atoms. The van der Waals surface area contributed by atoms with Gasteiger partial charge in [0.2, 0.25) is 11.7 Å². The normalized spacial score (nSPS) is 11.6. The number of fused-ring (bicyclic) bond motifs is 1. The lowest BCUT2D eigenvalue weighted by Crippen LogP contribution is -2.24. The molecule has 1 heterocycles. The molecule has 3 aromatic rings. The zero-order chi connectivity index (χ0) is 34.6. The van der Waals surface area contributed by atoms with Crippen LogP contribution in [0.25, 0.3) is 17.0 Å². The fraction of sp³-hybridized carbons (Fsp3) is 0.476. The van der Waals surface area contributed by atoms with Crippen molar-refractivity contribution >= 4 is 28.6 Å². The van der Waals surface area contributed by atoms with Crippen molar-refractivity contribution < 1.29 is 14.3 Å². The van der Waals surface area contributed by atoms with E-state index in [9.17, 15) is 9.59 Å². The molecular weight excluding hydrogens is 596 g/mol. The van der Waals surface area contributed by atoms with Gasteiger partial charge in [0.25, 0.3) is 5.56 Å². The van der Waals surface area contributed by atoms with Crippen molar-refractivity contribution in [2.75, 3.05) is 18.5 Å². The molecular formula is C42H58N2O4. The van der Waals surface area contributed by atoms with E-state index >= 15 is 0 Å².